The Labute approximate surface area is 130 Å². The number of carbonyl (C=O) groups excluding carboxylic acids is 1. The van der Waals surface area contributed by atoms with Crippen molar-refractivity contribution in [1.29, 1.82) is 0 Å². The highest BCUT2D eigenvalue weighted by Gasteiger charge is 2.38. The zero-order chi connectivity index (χ0) is 16.7. The van der Waals surface area contributed by atoms with Gasteiger partial charge in [0.15, 0.2) is 0 Å². The quantitative estimate of drug-likeness (QED) is 0.831. The lowest BCUT2D eigenvalue weighted by atomic mass is 9.96. The minimum atomic E-state index is -3.83. The molecule has 2 atom stereocenters. The maximum absolute atomic E-state index is 12.9. The zero-order valence-corrected chi connectivity index (χ0v) is 14.1. The molecular formula is C14H22N2O5S. The highest BCUT2D eigenvalue weighted by Crippen LogP contribution is 2.31. The van der Waals surface area contributed by atoms with E-state index in [1.54, 1.807) is 6.92 Å². The van der Waals surface area contributed by atoms with E-state index < -0.39 is 16.0 Å². The van der Waals surface area contributed by atoms with Crippen LogP contribution in [0.15, 0.2) is 9.31 Å². The number of hydrogen-bond donors (Lipinski definition) is 1. The SMILES string of the molecule is COC(=O)c1c(C)oc(C)c1S(=O)(=O)N1CCC(N)C(C)C1. The summed E-state index contributed by atoms with van der Waals surface area (Å²) in [7, 11) is -2.62. The van der Waals surface area contributed by atoms with Crippen LogP contribution < -0.4 is 5.73 Å². The zero-order valence-electron chi connectivity index (χ0n) is 13.3. The second-order valence-electron chi connectivity index (χ2n) is 5.70. The fourth-order valence-electron chi connectivity index (χ4n) is 2.78. The number of carbonyl (C=O) groups is 1. The van der Waals surface area contributed by atoms with E-state index in [0.717, 1.165) is 0 Å². The minimum absolute atomic E-state index is 0.0151. The van der Waals surface area contributed by atoms with Gasteiger partial charge in [-0.05, 0) is 26.2 Å². The molecule has 1 aromatic rings. The number of furan rings is 1. The van der Waals surface area contributed by atoms with Crippen LogP contribution in [0.25, 0.3) is 0 Å². The largest absolute Gasteiger partial charge is 0.465 e. The third kappa shape index (κ3) is 2.78. The predicted molar refractivity (Wildman–Crippen MR) is 80.0 cm³/mol. The van der Waals surface area contributed by atoms with Crippen LogP contribution in [0, 0.1) is 19.8 Å². The minimum Gasteiger partial charge on any atom is -0.465 e. The van der Waals surface area contributed by atoms with E-state index in [-0.39, 0.29) is 33.9 Å². The fourth-order valence-corrected chi connectivity index (χ4v) is 4.71. The third-order valence-electron chi connectivity index (χ3n) is 4.13. The molecule has 0 spiro atoms. The normalized spacial score (nSPS) is 23.5. The molecule has 0 bridgehead atoms. The van der Waals surface area contributed by atoms with Crippen molar-refractivity contribution >= 4 is 16.0 Å². The van der Waals surface area contributed by atoms with E-state index in [2.05, 4.69) is 4.74 Å². The Kier molecular flexibility index (Phi) is 4.65. The Morgan fingerprint density at radius 3 is 2.55 bits per heavy atom. The Bertz CT molecular complexity index is 680. The van der Waals surface area contributed by atoms with Crippen molar-refractivity contribution in [3.8, 4) is 0 Å². The molecule has 2 heterocycles. The van der Waals surface area contributed by atoms with Gasteiger partial charge in [0, 0.05) is 19.1 Å². The maximum Gasteiger partial charge on any atom is 0.342 e. The van der Waals surface area contributed by atoms with Crippen LogP contribution in [0.2, 0.25) is 0 Å². The molecule has 0 saturated carbocycles. The summed E-state index contributed by atoms with van der Waals surface area (Å²) in [5.74, 6) is -0.224. The first-order valence-corrected chi connectivity index (χ1v) is 8.58. The number of hydrogen-bond acceptors (Lipinski definition) is 6. The topological polar surface area (TPSA) is 103 Å². The Hall–Kier alpha value is -1.38. The molecule has 2 N–H and O–H groups in total. The van der Waals surface area contributed by atoms with E-state index in [1.807, 2.05) is 6.92 Å². The van der Waals surface area contributed by atoms with Gasteiger partial charge in [0.1, 0.15) is 22.0 Å². The summed E-state index contributed by atoms with van der Waals surface area (Å²) in [5.41, 5.74) is 5.92. The molecule has 7 nitrogen and oxygen atoms in total. The van der Waals surface area contributed by atoms with Gasteiger partial charge in [0.05, 0.1) is 7.11 Å². The van der Waals surface area contributed by atoms with E-state index in [1.165, 1.54) is 18.3 Å². The lowest BCUT2D eigenvalue weighted by Gasteiger charge is -2.34. The highest BCUT2D eigenvalue weighted by molar-refractivity contribution is 7.89. The number of aryl methyl sites for hydroxylation is 2. The Morgan fingerprint density at radius 2 is 2.00 bits per heavy atom. The molecule has 0 amide bonds. The standard InChI is InChI=1S/C14H22N2O5S/c1-8-7-16(6-5-11(8)15)22(18,19)13-10(3)21-9(2)12(13)14(17)20-4/h8,11H,5-7,15H2,1-4H3. The van der Waals surface area contributed by atoms with E-state index in [0.29, 0.717) is 19.5 Å². The molecule has 1 aliphatic rings. The molecule has 1 aromatic heterocycles. The number of sulfonamides is 1. The molecule has 1 fully saturated rings. The number of rotatable bonds is 3. The summed E-state index contributed by atoms with van der Waals surface area (Å²) in [4.78, 5) is 11.8. The van der Waals surface area contributed by atoms with Crippen LogP contribution >= 0.6 is 0 Å². The van der Waals surface area contributed by atoms with Crippen LogP contribution in [0.4, 0.5) is 0 Å². The molecule has 22 heavy (non-hydrogen) atoms. The second-order valence-corrected chi connectivity index (χ2v) is 7.58. The van der Waals surface area contributed by atoms with Gasteiger partial charge in [-0.2, -0.15) is 4.31 Å². The molecule has 124 valence electrons. The van der Waals surface area contributed by atoms with Crippen molar-refractivity contribution in [2.45, 2.75) is 38.1 Å². The number of piperidine rings is 1. The van der Waals surface area contributed by atoms with Crippen molar-refractivity contribution in [2.24, 2.45) is 11.7 Å². The van der Waals surface area contributed by atoms with Crippen molar-refractivity contribution in [2.75, 3.05) is 20.2 Å². The van der Waals surface area contributed by atoms with Crippen LogP contribution in [0.3, 0.4) is 0 Å². The van der Waals surface area contributed by atoms with Gasteiger partial charge >= 0.3 is 5.97 Å². The maximum atomic E-state index is 12.9. The molecule has 1 saturated heterocycles. The highest BCUT2D eigenvalue weighted by atomic mass is 32.2. The molecule has 1 aliphatic heterocycles. The molecule has 0 aliphatic carbocycles. The number of ether oxygens (including phenoxy) is 1. The van der Waals surface area contributed by atoms with E-state index >= 15 is 0 Å². The van der Waals surface area contributed by atoms with Crippen molar-refractivity contribution in [3.63, 3.8) is 0 Å². The Morgan fingerprint density at radius 1 is 1.36 bits per heavy atom. The summed E-state index contributed by atoms with van der Waals surface area (Å²) in [6.07, 6.45) is 0.587. The Balaban J connectivity index is 2.48. The van der Waals surface area contributed by atoms with Crippen molar-refractivity contribution in [1.82, 2.24) is 4.31 Å². The van der Waals surface area contributed by atoms with Gasteiger partial charge in [-0.1, -0.05) is 6.92 Å². The average Bonchev–Trinajstić information content (AvgIpc) is 2.76. The van der Waals surface area contributed by atoms with Gasteiger partial charge < -0.3 is 14.9 Å². The number of esters is 1. The molecule has 2 unspecified atom stereocenters. The van der Waals surface area contributed by atoms with Gasteiger partial charge in [0.2, 0.25) is 10.0 Å². The van der Waals surface area contributed by atoms with Crippen molar-refractivity contribution < 1.29 is 22.4 Å². The van der Waals surface area contributed by atoms with Crippen molar-refractivity contribution in [3.05, 3.63) is 17.1 Å². The summed E-state index contributed by atoms with van der Waals surface area (Å²) >= 11 is 0. The predicted octanol–water partition coefficient (Wildman–Crippen LogP) is 1.04. The number of nitrogens with zero attached hydrogens (tertiary/aromatic N) is 1. The van der Waals surface area contributed by atoms with Gasteiger partial charge in [0.25, 0.3) is 0 Å². The van der Waals surface area contributed by atoms with Gasteiger partial charge in [-0.15, -0.1) is 0 Å². The summed E-state index contributed by atoms with van der Waals surface area (Å²) in [6, 6.07) is -0.0151. The monoisotopic (exact) mass is 330 g/mol. The van der Waals surface area contributed by atoms with E-state index in [4.69, 9.17) is 10.2 Å². The first kappa shape index (κ1) is 17.0. The summed E-state index contributed by atoms with van der Waals surface area (Å²) in [6.45, 7) is 5.66. The van der Waals surface area contributed by atoms with Crippen LogP contribution in [-0.4, -0.2) is 44.9 Å². The molecular weight excluding hydrogens is 308 g/mol. The average molecular weight is 330 g/mol. The third-order valence-corrected chi connectivity index (χ3v) is 6.15. The van der Waals surface area contributed by atoms with Gasteiger partial charge in [-0.3, -0.25) is 0 Å². The first-order valence-electron chi connectivity index (χ1n) is 7.14. The van der Waals surface area contributed by atoms with Crippen LogP contribution in [0.5, 0.6) is 0 Å². The van der Waals surface area contributed by atoms with E-state index in [9.17, 15) is 13.2 Å². The molecule has 0 radical (unpaired) electrons. The number of nitrogens with two attached hydrogens (primary N) is 1. The molecule has 2 rings (SSSR count). The molecule has 0 aromatic carbocycles. The molecule has 8 heteroatoms. The number of methoxy groups -OCH3 is 1. The summed E-state index contributed by atoms with van der Waals surface area (Å²) in [5, 5.41) is 0. The fraction of sp³-hybridized carbons (Fsp3) is 0.643. The summed E-state index contributed by atoms with van der Waals surface area (Å²) < 4.78 is 37.3. The lowest BCUT2D eigenvalue weighted by molar-refractivity contribution is 0.0594. The smallest absolute Gasteiger partial charge is 0.342 e. The lowest BCUT2D eigenvalue weighted by Crippen LogP contribution is -2.48. The first-order chi connectivity index (χ1) is 10.2. The van der Waals surface area contributed by atoms with Crippen LogP contribution in [-0.2, 0) is 14.8 Å². The second kappa shape index (κ2) is 6.02. The van der Waals surface area contributed by atoms with Gasteiger partial charge in [-0.25, -0.2) is 13.2 Å². The van der Waals surface area contributed by atoms with Crippen LogP contribution in [0.1, 0.15) is 35.2 Å².